The van der Waals surface area contributed by atoms with Gasteiger partial charge in [-0.3, -0.25) is 9.88 Å². The van der Waals surface area contributed by atoms with E-state index in [1.54, 1.807) is 6.07 Å². The highest BCUT2D eigenvalue weighted by atomic mass is 32.2. The number of fused-ring (bicyclic) bond motifs is 1. The van der Waals surface area contributed by atoms with E-state index in [9.17, 15) is 8.42 Å². The maximum absolute atomic E-state index is 12.9. The molecule has 0 aromatic carbocycles. The number of hydrogen-bond donors (Lipinski definition) is 1. The van der Waals surface area contributed by atoms with E-state index in [1.165, 1.54) is 16.6 Å². The molecule has 1 unspecified atom stereocenters. The molecule has 1 aromatic rings. The number of aromatic nitrogens is 1. The molecule has 114 valence electrons. The molecule has 2 aliphatic rings. The zero-order valence-electron chi connectivity index (χ0n) is 11.6. The lowest BCUT2D eigenvalue weighted by atomic mass is 10.2. The van der Waals surface area contributed by atoms with Crippen LogP contribution < -0.4 is 5.73 Å². The van der Waals surface area contributed by atoms with Crippen LogP contribution in [0.2, 0.25) is 0 Å². The van der Waals surface area contributed by atoms with E-state index < -0.39 is 10.0 Å². The van der Waals surface area contributed by atoms with Crippen molar-refractivity contribution in [1.29, 1.82) is 0 Å². The first kappa shape index (κ1) is 14.8. The summed E-state index contributed by atoms with van der Waals surface area (Å²) in [5, 5.41) is 0. The Morgan fingerprint density at radius 3 is 2.95 bits per heavy atom. The van der Waals surface area contributed by atoms with Crippen molar-refractivity contribution in [1.82, 2.24) is 14.2 Å². The van der Waals surface area contributed by atoms with Gasteiger partial charge in [-0.1, -0.05) is 12.2 Å². The van der Waals surface area contributed by atoms with Crippen molar-refractivity contribution in [2.45, 2.75) is 23.8 Å². The van der Waals surface area contributed by atoms with Crippen LogP contribution in [0.25, 0.3) is 0 Å². The van der Waals surface area contributed by atoms with Gasteiger partial charge in [0.15, 0.2) is 0 Å². The summed E-state index contributed by atoms with van der Waals surface area (Å²) < 4.78 is 27.2. The van der Waals surface area contributed by atoms with Gasteiger partial charge >= 0.3 is 0 Å². The molecule has 2 N–H and O–H groups in total. The van der Waals surface area contributed by atoms with Gasteiger partial charge in [-0.2, -0.15) is 4.31 Å². The lowest BCUT2D eigenvalue weighted by molar-refractivity contribution is 0.158. The van der Waals surface area contributed by atoms with Gasteiger partial charge in [0.05, 0.1) is 0 Å². The molecule has 0 aliphatic carbocycles. The monoisotopic (exact) mass is 326 g/mol. The largest absolute Gasteiger partial charge is 0.388 e. The van der Waals surface area contributed by atoms with Crippen molar-refractivity contribution in [3.05, 3.63) is 24.0 Å². The summed E-state index contributed by atoms with van der Waals surface area (Å²) in [6.07, 6.45) is 3.70. The van der Waals surface area contributed by atoms with Crippen molar-refractivity contribution in [2.24, 2.45) is 5.73 Å². The van der Waals surface area contributed by atoms with Gasteiger partial charge in [0, 0.05) is 31.9 Å². The quantitative estimate of drug-likeness (QED) is 0.799. The van der Waals surface area contributed by atoms with E-state index in [0.29, 0.717) is 19.1 Å². The van der Waals surface area contributed by atoms with Gasteiger partial charge in [-0.05, 0) is 31.5 Å². The molecule has 3 rings (SSSR count). The SMILES string of the molecule is NC(=S)c1ncccc1S(=O)(=O)N1CCN2CCCC2C1. The standard InChI is InChI=1S/C13H18N4O2S2/c14-13(20)12-11(4-1-5-15-12)21(18,19)17-8-7-16-6-2-3-10(16)9-17/h1,4-5,10H,2-3,6-9H2,(H2,14,20). The van der Waals surface area contributed by atoms with Crippen LogP contribution in [-0.4, -0.2) is 59.8 Å². The summed E-state index contributed by atoms with van der Waals surface area (Å²) >= 11 is 4.92. The van der Waals surface area contributed by atoms with Crippen LogP contribution in [0.1, 0.15) is 18.5 Å². The van der Waals surface area contributed by atoms with Crippen LogP contribution in [-0.2, 0) is 10.0 Å². The zero-order chi connectivity index (χ0) is 15.0. The molecule has 0 saturated carbocycles. The van der Waals surface area contributed by atoms with E-state index in [0.717, 1.165) is 25.9 Å². The first-order valence-corrected chi connectivity index (χ1v) is 8.84. The molecule has 21 heavy (non-hydrogen) atoms. The maximum atomic E-state index is 12.9. The second-order valence-corrected chi connectivity index (χ2v) is 7.76. The first-order valence-electron chi connectivity index (χ1n) is 6.99. The highest BCUT2D eigenvalue weighted by Gasteiger charge is 2.37. The number of hydrogen-bond acceptors (Lipinski definition) is 5. The summed E-state index contributed by atoms with van der Waals surface area (Å²) in [5.74, 6) is 0. The summed E-state index contributed by atoms with van der Waals surface area (Å²) in [5.41, 5.74) is 5.79. The molecule has 2 aliphatic heterocycles. The Hall–Kier alpha value is -1.09. The third kappa shape index (κ3) is 2.68. The highest BCUT2D eigenvalue weighted by molar-refractivity contribution is 7.89. The van der Waals surface area contributed by atoms with Crippen molar-refractivity contribution in [3.8, 4) is 0 Å². The molecule has 1 atom stereocenters. The first-order chi connectivity index (χ1) is 10.00. The van der Waals surface area contributed by atoms with Crippen molar-refractivity contribution in [3.63, 3.8) is 0 Å². The van der Waals surface area contributed by atoms with Gasteiger partial charge < -0.3 is 5.73 Å². The Balaban J connectivity index is 1.92. The average molecular weight is 326 g/mol. The minimum Gasteiger partial charge on any atom is -0.388 e. The Kier molecular flexibility index (Phi) is 3.96. The number of thiocarbonyl (C=S) groups is 1. The Bertz CT molecular complexity index is 662. The third-order valence-corrected chi connectivity index (χ3v) is 6.26. The molecule has 0 radical (unpaired) electrons. The second-order valence-electron chi connectivity index (χ2n) is 5.41. The third-order valence-electron chi connectivity index (χ3n) is 4.17. The second kappa shape index (κ2) is 5.60. The molecule has 0 bridgehead atoms. The number of rotatable bonds is 3. The fraction of sp³-hybridized carbons (Fsp3) is 0.538. The normalized spacial score (nSPS) is 23.9. The molecule has 8 heteroatoms. The average Bonchev–Trinajstić information content (AvgIpc) is 2.94. The van der Waals surface area contributed by atoms with Gasteiger partial charge in [0.2, 0.25) is 10.0 Å². The van der Waals surface area contributed by atoms with Crippen LogP contribution in [0, 0.1) is 0 Å². The summed E-state index contributed by atoms with van der Waals surface area (Å²) in [4.78, 5) is 6.51. The van der Waals surface area contributed by atoms with Crippen molar-refractivity contribution in [2.75, 3.05) is 26.2 Å². The van der Waals surface area contributed by atoms with Crippen LogP contribution in [0.15, 0.2) is 23.2 Å². The smallest absolute Gasteiger partial charge is 0.245 e. The van der Waals surface area contributed by atoms with Crippen LogP contribution in [0.3, 0.4) is 0 Å². The summed E-state index contributed by atoms with van der Waals surface area (Å²) in [7, 11) is -3.60. The van der Waals surface area contributed by atoms with E-state index in [2.05, 4.69) is 9.88 Å². The number of nitrogens with two attached hydrogens (primary N) is 1. The molecule has 0 spiro atoms. The molecule has 2 fully saturated rings. The minimum absolute atomic E-state index is 0.00803. The summed E-state index contributed by atoms with van der Waals surface area (Å²) in [6.45, 7) is 2.90. The van der Waals surface area contributed by atoms with Gasteiger partial charge in [-0.15, -0.1) is 0 Å². The predicted octanol–water partition coefficient (Wildman–Crippen LogP) is 0.184. The minimum atomic E-state index is -3.60. The molecular weight excluding hydrogens is 308 g/mol. The van der Waals surface area contributed by atoms with E-state index in [-0.39, 0.29) is 15.6 Å². The predicted molar refractivity (Wildman–Crippen MR) is 83.5 cm³/mol. The molecule has 0 amide bonds. The zero-order valence-corrected chi connectivity index (χ0v) is 13.2. The van der Waals surface area contributed by atoms with Crippen molar-refractivity contribution >= 4 is 27.2 Å². The van der Waals surface area contributed by atoms with Crippen LogP contribution in [0.4, 0.5) is 0 Å². The van der Waals surface area contributed by atoms with Gasteiger partial charge in [0.1, 0.15) is 15.6 Å². The Morgan fingerprint density at radius 2 is 2.19 bits per heavy atom. The van der Waals surface area contributed by atoms with Gasteiger partial charge in [-0.25, -0.2) is 8.42 Å². The number of nitrogens with zero attached hydrogens (tertiary/aromatic N) is 3. The van der Waals surface area contributed by atoms with E-state index in [4.69, 9.17) is 18.0 Å². The topological polar surface area (TPSA) is 79.5 Å². The fourth-order valence-electron chi connectivity index (χ4n) is 3.10. The number of pyridine rings is 1. The fourth-order valence-corrected chi connectivity index (χ4v) is 4.96. The number of sulfonamides is 1. The Morgan fingerprint density at radius 1 is 1.38 bits per heavy atom. The lowest BCUT2D eigenvalue weighted by Gasteiger charge is -2.36. The van der Waals surface area contributed by atoms with Crippen LogP contribution in [0.5, 0.6) is 0 Å². The summed E-state index contributed by atoms with van der Waals surface area (Å²) in [6, 6.07) is 3.46. The molecular formula is C13H18N4O2S2. The molecule has 3 heterocycles. The molecule has 2 saturated heterocycles. The van der Waals surface area contributed by atoms with E-state index in [1.807, 2.05) is 0 Å². The molecule has 6 nitrogen and oxygen atoms in total. The molecule has 1 aromatic heterocycles. The number of piperazine rings is 1. The maximum Gasteiger partial charge on any atom is 0.245 e. The van der Waals surface area contributed by atoms with E-state index >= 15 is 0 Å². The Labute approximate surface area is 130 Å². The van der Waals surface area contributed by atoms with Crippen molar-refractivity contribution < 1.29 is 8.42 Å². The van der Waals surface area contributed by atoms with Gasteiger partial charge in [0.25, 0.3) is 0 Å². The highest BCUT2D eigenvalue weighted by Crippen LogP contribution is 2.26. The van der Waals surface area contributed by atoms with Crippen LogP contribution >= 0.6 is 12.2 Å². The lowest BCUT2D eigenvalue weighted by Crippen LogP contribution is -2.52.